The molecule has 6 heteroatoms. The normalized spacial score (nSPS) is 13.3. The largest absolute Gasteiger partial charge is 0.389 e. The lowest BCUT2D eigenvalue weighted by Gasteiger charge is -2.26. The van der Waals surface area contributed by atoms with E-state index in [0.29, 0.717) is 10.8 Å². The minimum absolute atomic E-state index is 0.0990. The van der Waals surface area contributed by atoms with Gasteiger partial charge in [-0.25, -0.2) is 8.42 Å². The second-order valence-corrected chi connectivity index (χ2v) is 8.47. The highest BCUT2D eigenvalue weighted by atomic mass is 32.2. The van der Waals surface area contributed by atoms with E-state index in [0.717, 1.165) is 10.4 Å². The van der Waals surface area contributed by atoms with Crippen molar-refractivity contribution in [2.24, 2.45) is 0 Å². The molecule has 1 aromatic heterocycles. The van der Waals surface area contributed by atoms with Gasteiger partial charge in [-0.1, -0.05) is 6.92 Å². The Morgan fingerprint density at radius 1 is 1.39 bits per heavy atom. The van der Waals surface area contributed by atoms with Gasteiger partial charge < -0.3 is 5.11 Å². The summed E-state index contributed by atoms with van der Waals surface area (Å²) in [6.07, 6.45) is 0. The first kappa shape index (κ1) is 15.6. The number of aryl methyl sites for hydroxylation is 2. The summed E-state index contributed by atoms with van der Waals surface area (Å²) < 4.78 is 26.5. The summed E-state index contributed by atoms with van der Waals surface area (Å²) in [6.45, 7) is 9.25. The van der Waals surface area contributed by atoms with Crippen molar-refractivity contribution in [3.8, 4) is 0 Å². The van der Waals surface area contributed by atoms with Crippen LogP contribution in [0.3, 0.4) is 0 Å². The van der Waals surface area contributed by atoms with Gasteiger partial charge in [0.1, 0.15) is 4.21 Å². The molecule has 104 valence electrons. The second-order valence-electron chi connectivity index (χ2n) is 5.05. The molecule has 0 spiro atoms. The molecule has 0 radical (unpaired) electrons. The van der Waals surface area contributed by atoms with E-state index in [9.17, 15) is 13.5 Å². The van der Waals surface area contributed by atoms with Gasteiger partial charge in [0, 0.05) is 18.0 Å². The first-order chi connectivity index (χ1) is 8.08. The predicted octanol–water partition coefficient (Wildman–Crippen LogP) is 2.15. The number of aliphatic hydroxyl groups is 1. The van der Waals surface area contributed by atoms with Crippen molar-refractivity contribution in [1.82, 2.24) is 4.31 Å². The average Bonchev–Trinajstić information content (AvgIpc) is 2.55. The molecule has 0 fully saturated rings. The van der Waals surface area contributed by atoms with E-state index < -0.39 is 15.6 Å². The molecule has 4 nitrogen and oxygen atoms in total. The number of likely N-dealkylation sites (N-methyl/N-ethyl adjacent to an activating group) is 1. The molecular formula is C12H21NO3S2. The highest BCUT2D eigenvalue weighted by Gasteiger charge is 2.29. The van der Waals surface area contributed by atoms with Crippen LogP contribution in [0, 0.1) is 13.8 Å². The summed E-state index contributed by atoms with van der Waals surface area (Å²) in [6, 6.07) is 1.70. The Bertz CT molecular complexity index is 492. The number of hydrogen-bond acceptors (Lipinski definition) is 4. The Labute approximate surface area is 113 Å². The molecule has 0 aromatic carbocycles. The standard InChI is InChI=1S/C12H21NO3S2/c1-6-13(8-12(4,5)14)18(15,16)11-7-9(2)10(3)17-11/h7,14H,6,8H2,1-5H3. The maximum Gasteiger partial charge on any atom is 0.252 e. The number of sulfonamides is 1. The summed E-state index contributed by atoms with van der Waals surface area (Å²) in [5.74, 6) is 0. The molecular weight excluding hydrogens is 270 g/mol. The molecule has 0 amide bonds. The molecule has 0 aliphatic rings. The van der Waals surface area contributed by atoms with Crippen molar-refractivity contribution in [2.75, 3.05) is 13.1 Å². The highest BCUT2D eigenvalue weighted by Crippen LogP contribution is 2.28. The first-order valence-electron chi connectivity index (χ1n) is 5.87. The van der Waals surface area contributed by atoms with Crippen molar-refractivity contribution in [3.05, 3.63) is 16.5 Å². The van der Waals surface area contributed by atoms with Crippen molar-refractivity contribution in [2.45, 2.75) is 44.4 Å². The summed E-state index contributed by atoms with van der Waals surface area (Å²) in [5, 5.41) is 9.79. The van der Waals surface area contributed by atoms with Crippen LogP contribution in [0.1, 0.15) is 31.2 Å². The average molecular weight is 291 g/mol. The van der Waals surface area contributed by atoms with Gasteiger partial charge in [-0.15, -0.1) is 11.3 Å². The molecule has 0 saturated heterocycles. The van der Waals surface area contributed by atoms with Crippen LogP contribution in [0.25, 0.3) is 0 Å². The zero-order valence-corrected chi connectivity index (χ0v) is 13.2. The minimum Gasteiger partial charge on any atom is -0.389 e. The summed E-state index contributed by atoms with van der Waals surface area (Å²) in [7, 11) is -3.49. The number of thiophene rings is 1. The van der Waals surface area contributed by atoms with Gasteiger partial charge in [-0.3, -0.25) is 0 Å². The Hall–Kier alpha value is -0.430. The van der Waals surface area contributed by atoms with Gasteiger partial charge in [-0.2, -0.15) is 4.31 Å². The monoisotopic (exact) mass is 291 g/mol. The van der Waals surface area contributed by atoms with E-state index in [1.807, 2.05) is 13.8 Å². The van der Waals surface area contributed by atoms with E-state index in [2.05, 4.69) is 0 Å². The first-order valence-corrected chi connectivity index (χ1v) is 8.13. The summed E-state index contributed by atoms with van der Waals surface area (Å²) in [4.78, 5) is 1.01. The predicted molar refractivity (Wildman–Crippen MR) is 74.5 cm³/mol. The number of nitrogens with zero attached hydrogens (tertiary/aromatic N) is 1. The summed E-state index contributed by atoms with van der Waals surface area (Å²) in [5.41, 5.74) is -0.0531. The third kappa shape index (κ3) is 3.54. The molecule has 0 unspecified atom stereocenters. The topological polar surface area (TPSA) is 57.6 Å². The van der Waals surface area contributed by atoms with Gasteiger partial charge in [0.25, 0.3) is 10.0 Å². The van der Waals surface area contributed by atoms with Crippen LogP contribution < -0.4 is 0 Å². The SMILES string of the molecule is CCN(CC(C)(C)O)S(=O)(=O)c1cc(C)c(C)s1. The lowest BCUT2D eigenvalue weighted by atomic mass is 10.1. The smallest absolute Gasteiger partial charge is 0.252 e. The van der Waals surface area contributed by atoms with Crippen LogP contribution >= 0.6 is 11.3 Å². The Balaban J connectivity index is 3.11. The Morgan fingerprint density at radius 2 is 1.94 bits per heavy atom. The van der Waals surface area contributed by atoms with E-state index in [4.69, 9.17) is 0 Å². The Morgan fingerprint density at radius 3 is 2.28 bits per heavy atom. The molecule has 1 rings (SSSR count). The van der Waals surface area contributed by atoms with Gasteiger partial charge in [0.05, 0.1) is 5.60 Å². The van der Waals surface area contributed by atoms with Crippen LogP contribution in [0.15, 0.2) is 10.3 Å². The van der Waals surface area contributed by atoms with Crippen molar-refractivity contribution in [1.29, 1.82) is 0 Å². The van der Waals surface area contributed by atoms with E-state index >= 15 is 0 Å². The maximum absolute atomic E-state index is 12.4. The highest BCUT2D eigenvalue weighted by molar-refractivity contribution is 7.91. The van der Waals surface area contributed by atoms with Crippen molar-refractivity contribution >= 4 is 21.4 Å². The van der Waals surface area contributed by atoms with Gasteiger partial charge in [0.2, 0.25) is 0 Å². The second kappa shape index (κ2) is 5.28. The molecule has 18 heavy (non-hydrogen) atoms. The van der Waals surface area contributed by atoms with Crippen LogP contribution in [0.4, 0.5) is 0 Å². The molecule has 1 heterocycles. The molecule has 0 aliphatic carbocycles. The fourth-order valence-corrected chi connectivity index (χ4v) is 4.87. The van der Waals surface area contributed by atoms with Crippen LogP contribution in [-0.4, -0.2) is 36.5 Å². The fourth-order valence-electron chi connectivity index (χ4n) is 1.59. The van der Waals surface area contributed by atoms with Gasteiger partial charge in [-0.05, 0) is 39.3 Å². The Kier molecular flexibility index (Phi) is 4.59. The van der Waals surface area contributed by atoms with Crippen LogP contribution in [0.5, 0.6) is 0 Å². The van der Waals surface area contributed by atoms with Crippen LogP contribution in [0.2, 0.25) is 0 Å². The molecule has 1 N–H and O–H groups in total. The molecule has 0 saturated carbocycles. The molecule has 1 aromatic rings. The molecule has 0 atom stereocenters. The lowest BCUT2D eigenvalue weighted by molar-refractivity contribution is 0.0602. The zero-order chi connectivity index (χ0) is 14.1. The minimum atomic E-state index is -3.49. The van der Waals surface area contributed by atoms with Gasteiger partial charge >= 0.3 is 0 Å². The van der Waals surface area contributed by atoms with Crippen molar-refractivity contribution in [3.63, 3.8) is 0 Å². The maximum atomic E-state index is 12.4. The van der Waals surface area contributed by atoms with E-state index in [1.165, 1.54) is 15.6 Å². The zero-order valence-electron chi connectivity index (χ0n) is 11.5. The fraction of sp³-hybridized carbons (Fsp3) is 0.667. The number of hydrogen-bond donors (Lipinski definition) is 1. The van der Waals surface area contributed by atoms with E-state index in [1.54, 1.807) is 26.8 Å². The number of rotatable bonds is 5. The van der Waals surface area contributed by atoms with Crippen LogP contribution in [-0.2, 0) is 10.0 Å². The third-order valence-electron chi connectivity index (χ3n) is 2.65. The lowest BCUT2D eigenvalue weighted by Crippen LogP contribution is -2.41. The van der Waals surface area contributed by atoms with Crippen molar-refractivity contribution < 1.29 is 13.5 Å². The third-order valence-corrected chi connectivity index (χ3v) is 6.18. The van der Waals surface area contributed by atoms with E-state index in [-0.39, 0.29) is 6.54 Å². The quantitative estimate of drug-likeness (QED) is 0.904. The van der Waals surface area contributed by atoms with Gasteiger partial charge in [0.15, 0.2) is 0 Å². The summed E-state index contributed by atoms with van der Waals surface area (Å²) >= 11 is 1.28. The molecule has 0 aliphatic heterocycles. The molecule has 0 bridgehead atoms.